The number of hydrogen-bond donors (Lipinski definition) is 0. The Balaban J connectivity index is 1.99. The molecule has 0 saturated carbocycles. The summed E-state index contributed by atoms with van der Waals surface area (Å²) in [7, 11) is 0. The van der Waals surface area contributed by atoms with Crippen LogP contribution >= 0.6 is 0 Å². The summed E-state index contributed by atoms with van der Waals surface area (Å²) in [6.45, 7) is 4.02. The van der Waals surface area contributed by atoms with Crippen molar-refractivity contribution in [1.82, 2.24) is 0 Å². The van der Waals surface area contributed by atoms with Crippen molar-refractivity contribution in [3.63, 3.8) is 0 Å². The summed E-state index contributed by atoms with van der Waals surface area (Å²) >= 11 is 0. The lowest BCUT2D eigenvalue weighted by Crippen LogP contribution is -2.12. The van der Waals surface area contributed by atoms with Crippen molar-refractivity contribution in [2.75, 3.05) is 0 Å². The Bertz CT molecular complexity index is 650. The van der Waals surface area contributed by atoms with Crippen molar-refractivity contribution in [3.05, 3.63) is 90.6 Å². The molecule has 0 radical (unpaired) electrons. The van der Waals surface area contributed by atoms with Crippen LogP contribution < -0.4 is 0 Å². The van der Waals surface area contributed by atoms with Gasteiger partial charge in [0.15, 0.2) is 0 Å². The van der Waals surface area contributed by atoms with Gasteiger partial charge in [-0.25, -0.2) is 0 Å². The van der Waals surface area contributed by atoms with Gasteiger partial charge in [0.2, 0.25) is 0 Å². The van der Waals surface area contributed by atoms with E-state index in [0.717, 1.165) is 6.04 Å². The van der Waals surface area contributed by atoms with Crippen molar-refractivity contribution < 1.29 is 4.58 Å². The van der Waals surface area contributed by atoms with Crippen molar-refractivity contribution >= 4 is 6.72 Å². The van der Waals surface area contributed by atoms with Gasteiger partial charge in [-0.15, -0.1) is 12.1 Å². The van der Waals surface area contributed by atoms with Crippen LogP contribution in [-0.2, 0) is 0 Å². The molecular formula is C18H15N. The highest BCUT2D eigenvalue weighted by Gasteiger charge is 2.13. The molecule has 92 valence electrons. The minimum Gasteiger partial charge on any atom is -0.255 e. The zero-order valence-electron chi connectivity index (χ0n) is 10.7. The fourth-order valence-electron chi connectivity index (χ4n) is 2.23. The highest BCUT2D eigenvalue weighted by atomic mass is 15.0. The van der Waals surface area contributed by atoms with Crippen LogP contribution in [0.4, 0.5) is 0 Å². The zero-order chi connectivity index (χ0) is 13.1. The zero-order valence-corrected chi connectivity index (χ0v) is 10.7. The molecule has 0 saturated heterocycles. The second-order valence-corrected chi connectivity index (χ2v) is 4.50. The predicted molar refractivity (Wildman–Crippen MR) is 79.9 cm³/mol. The minimum absolute atomic E-state index is 1.11. The van der Waals surface area contributed by atoms with Crippen LogP contribution in [0.2, 0.25) is 0 Å². The molecule has 0 unspecified atom stereocenters. The molecule has 0 fully saturated rings. The molecule has 0 aliphatic carbocycles. The number of hydrogen-bond acceptors (Lipinski definition) is 0. The Morgan fingerprint density at radius 2 is 1.63 bits per heavy atom. The van der Waals surface area contributed by atoms with E-state index in [4.69, 9.17) is 0 Å². The average molecular weight is 245 g/mol. The Kier molecular flexibility index (Phi) is 3.03. The number of benzene rings is 2. The Morgan fingerprint density at radius 3 is 2.42 bits per heavy atom. The molecule has 0 atom stereocenters. The molecule has 1 nitrogen and oxygen atoms in total. The lowest BCUT2D eigenvalue weighted by molar-refractivity contribution is -0.417. The standard InChI is InChI=1S/C18H15N/c1-19-13-6-5-12-18(19)17-11-7-10-16(14-17)15-8-3-2-4-9-15/h2-14H,1H2. The first-order valence-electron chi connectivity index (χ1n) is 6.32. The summed E-state index contributed by atoms with van der Waals surface area (Å²) in [6, 6.07) is 20.1. The topological polar surface area (TPSA) is 3.01 Å². The molecular weight excluding hydrogens is 230 g/mol. The van der Waals surface area contributed by atoms with Crippen molar-refractivity contribution in [2.45, 2.75) is 0 Å². The van der Waals surface area contributed by atoms with E-state index >= 15 is 0 Å². The van der Waals surface area contributed by atoms with Gasteiger partial charge >= 0.3 is 0 Å². The molecule has 0 spiro atoms. The molecule has 2 aromatic carbocycles. The maximum absolute atomic E-state index is 4.02. The van der Waals surface area contributed by atoms with E-state index in [1.54, 1.807) is 0 Å². The molecule has 0 N–H and O–H groups in total. The molecule has 0 aromatic heterocycles. The van der Waals surface area contributed by atoms with Crippen molar-refractivity contribution in [3.8, 4) is 11.1 Å². The first-order valence-corrected chi connectivity index (χ1v) is 6.32. The third kappa shape index (κ3) is 2.36. The second kappa shape index (κ2) is 4.99. The second-order valence-electron chi connectivity index (χ2n) is 4.50. The van der Waals surface area contributed by atoms with Crippen LogP contribution in [0.15, 0.2) is 79.0 Å². The van der Waals surface area contributed by atoms with Gasteiger partial charge in [-0.3, -0.25) is 4.58 Å². The molecule has 1 aliphatic heterocycles. The molecule has 2 aromatic rings. The van der Waals surface area contributed by atoms with E-state index in [-0.39, 0.29) is 0 Å². The van der Waals surface area contributed by atoms with Crippen LogP contribution in [0.5, 0.6) is 0 Å². The third-order valence-electron chi connectivity index (χ3n) is 3.21. The van der Waals surface area contributed by atoms with Crippen LogP contribution in [0.1, 0.15) is 5.56 Å². The van der Waals surface area contributed by atoms with Crippen LogP contribution in [0.3, 0.4) is 0 Å². The van der Waals surface area contributed by atoms with Gasteiger partial charge < -0.3 is 0 Å². The fourth-order valence-corrected chi connectivity index (χ4v) is 2.23. The van der Waals surface area contributed by atoms with Crippen LogP contribution in [-0.4, -0.2) is 11.3 Å². The summed E-state index contributed by atoms with van der Waals surface area (Å²) < 4.78 is 1.89. The molecule has 1 heteroatoms. The van der Waals surface area contributed by atoms with E-state index in [0.29, 0.717) is 0 Å². The van der Waals surface area contributed by atoms with Crippen molar-refractivity contribution in [1.29, 1.82) is 0 Å². The molecule has 19 heavy (non-hydrogen) atoms. The van der Waals surface area contributed by atoms with E-state index < -0.39 is 0 Å². The van der Waals surface area contributed by atoms with E-state index in [1.807, 2.05) is 29.0 Å². The highest BCUT2D eigenvalue weighted by molar-refractivity contribution is 5.65. The summed E-state index contributed by atoms with van der Waals surface area (Å²) in [5.74, 6) is 0. The fraction of sp³-hybridized carbons (Fsp3) is 0. The van der Waals surface area contributed by atoms with Gasteiger partial charge in [-0.2, -0.15) is 0 Å². The molecule has 1 aliphatic rings. The summed E-state index contributed by atoms with van der Waals surface area (Å²) in [5, 5.41) is 0. The Labute approximate surface area is 113 Å². The van der Waals surface area contributed by atoms with E-state index in [2.05, 4.69) is 61.3 Å². The van der Waals surface area contributed by atoms with Crippen molar-refractivity contribution in [2.24, 2.45) is 0 Å². The Hall–Kier alpha value is -2.54. The monoisotopic (exact) mass is 245 g/mol. The minimum atomic E-state index is 1.11. The first-order chi connectivity index (χ1) is 9.34. The van der Waals surface area contributed by atoms with Crippen LogP contribution in [0.25, 0.3) is 11.1 Å². The van der Waals surface area contributed by atoms with Crippen LogP contribution in [0, 0.1) is 6.04 Å². The lowest BCUT2D eigenvalue weighted by atomic mass is 9.98. The van der Waals surface area contributed by atoms with Gasteiger partial charge in [0.1, 0.15) is 12.2 Å². The summed E-state index contributed by atoms with van der Waals surface area (Å²) in [6.07, 6.45) is 8.06. The molecule has 0 bridgehead atoms. The molecule has 0 amide bonds. The normalized spacial score (nSPS) is 13.9. The van der Waals surface area contributed by atoms with Gasteiger partial charge in [0.25, 0.3) is 0 Å². The van der Waals surface area contributed by atoms with Gasteiger partial charge in [0.05, 0.1) is 6.72 Å². The number of rotatable bonds is 2. The summed E-state index contributed by atoms with van der Waals surface area (Å²) in [4.78, 5) is 0. The Morgan fingerprint density at radius 1 is 0.842 bits per heavy atom. The number of nitrogens with zero attached hydrogens (tertiary/aromatic N) is 1. The van der Waals surface area contributed by atoms with Gasteiger partial charge in [0, 0.05) is 0 Å². The first kappa shape index (κ1) is 11.5. The quantitative estimate of drug-likeness (QED) is 0.555. The predicted octanol–water partition coefficient (Wildman–Crippen LogP) is 4.03. The molecule has 1 heterocycles. The maximum atomic E-state index is 4.02. The average Bonchev–Trinajstić information content (AvgIpc) is 2.49. The van der Waals surface area contributed by atoms with Gasteiger partial charge in [-0.1, -0.05) is 54.6 Å². The SMILES string of the molecule is C=[N+]1C=CC=C[C-]1c1cccc(-c2ccccc2)c1. The largest absolute Gasteiger partial charge is 0.255 e. The number of allylic oxidation sites excluding steroid dienone is 2. The smallest absolute Gasteiger partial charge is 0.146 e. The third-order valence-corrected chi connectivity index (χ3v) is 3.21. The van der Waals surface area contributed by atoms with Gasteiger partial charge in [-0.05, 0) is 22.8 Å². The molecule has 3 rings (SSSR count). The maximum Gasteiger partial charge on any atom is 0.146 e. The van der Waals surface area contributed by atoms with E-state index in [9.17, 15) is 0 Å². The van der Waals surface area contributed by atoms with E-state index in [1.165, 1.54) is 16.7 Å². The summed E-state index contributed by atoms with van der Waals surface area (Å²) in [5.41, 5.74) is 3.63. The highest BCUT2D eigenvalue weighted by Crippen LogP contribution is 2.25. The lowest BCUT2D eigenvalue weighted by Gasteiger charge is -2.17.